The van der Waals surface area contributed by atoms with Gasteiger partial charge in [-0.2, -0.15) is 0 Å². The van der Waals surface area contributed by atoms with Gasteiger partial charge >= 0.3 is 0 Å². The van der Waals surface area contributed by atoms with E-state index in [1.165, 1.54) is 25.4 Å². The zero-order valence-corrected chi connectivity index (χ0v) is 9.63. The van der Waals surface area contributed by atoms with Gasteiger partial charge in [0, 0.05) is 0 Å². The Hall–Kier alpha value is -0.920. The van der Waals surface area contributed by atoms with Crippen LogP contribution in [0, 0.1) is 0 Å². The van der Waals surface area contributed by atoms with E-state index < -0.39 is 0 Å². The van der Waals surface area contributed by atoms with Crippen molar-refractivity contribution in [1.29, 1.82) is 0 Å². The van der Waals surface area contributed by atoms with E-state index in [0.717, 1.165) is 26.1 Å². The second-order valence-corrected chi connectivity index (χ2v) is 2.78. The second-order valence-electron chi connectivity index (χ2n) is 2.78. The maximum Gasteiger partial charge on any atom is 0.0872 e. The number of unbranched alkanes of at least 4 members (excludes halogenated alkanes) is 2. The van der Waals surface area contributed by atoms with Crippen molar-refractivity contribution < 1.29 is 9.47 Å². The largest absolute Gasteiger partial charge is 0.502 e. The molecule has 0 rings (SSSR count). The van der Waals surface area contributed by atoms with E-state index in [1.807, 2.05) is 0 Å². The highest BCUT2D eigenvalue weighted by atomic mass is 16.5. The van der Waals surface area contributed by atoms with Crippen molar-refractivity contribution in [2.24, 2.45) is 0 Å². The van der Waals surface area contributed by atoms with E-state index in [4.69, 9.17) is 9.47 Å². The average Bonchev–Trinajstić information content (AvgIpc) is 2.21. The van der Waals surface area contributed by atoms with Crippen LogP contribution < -0.4 is 0 Å². The molecule has 0 fully saturated rings. The van der Waals surface area contributed by atoms with Gasteiger partial charge in [-0.1, -0.05) is 39.8 Å². The summed E-state index contributed by atoms with van der Waals surface area (Å²) in [5.41, 5.74) is 0. The van der Waals surface area contributed by atoms with E-state index in [2.05, 4.69) is 27.0 Å². The average molecular weight is 200 g/mol. The Labute approximate surface area is 88.6 Å². The molecule has 0 bridgehead atoms. The van der Waals surface area contributed by atoms with Crippen LogP contribution in [-0.2, 0) is 9.47 Å². The number of hydrogen-bond acceptors (Lipinski definition) is 2. The molecule has 0 amide bonds. The molecule has 0 heterocycles. The fourth-order valence-electron chi connectivity index (χ4n) is 0.622. The van der Waals surface area contributed by atoms with Crippen LogP contribution in [-0.4, -0.2) is 13.2 Å². The summed E-state index contributed by atoms with van der Waals surface area (Å²) < 4.78 is 9.68. The molecule has 0 aliphatic rings. The number of rotatable bonds is 8. The van der Waals surface area contributed by atoms with Crippen LogP contribution >= 0.6 is 0 Å². The topological polar surface area (TPSA) is 18.5 Å². The molecular weight excluding hydrogens is 176 g/mol. The van der Waals surface area contributed by atoms with Gasteiger partial charge in [-0.05, 0) is 12.8 Å². The highest BCUT2D eigenvalue weighted by Crippen LogP contribution is 1.86. The Morgan fingerprint density at radius 1 is 0.857 bits per heavy atom. The van der Waals surface area contributed by atoms with Crippen LogP contribution in [0.5, 0.6) is 0 Å². The van der Waals surface area contributed by atoms with Crippen LogP contribution in [0.3, 0.4) is 0 Å². The Bertz CT molecular complexity index is 96.9. The fourth-order valence-corrected chi connectivity index (χ4v) is 0.622. The van der Waals surface area contributed by atoms with Gasteiger partial charge in [-0.25, -0.2) is 0 Å². The summed E-state index contributed by atoms with van der Waals surface area (Å²) >= 11 is 0. The normalized spacial score (nSPS) is 8.14. The summed E-state index contributed by atoms with van der Waals surface area (Å²) in [5, 5.41) is 0. The Morgan fingerprint density at radius 2 is 1.21 bits per heavy atom. The van der Waals surface area contributed by atoms with Gasteiger partial charge in [-0.3, -0.25) is 0 Å². The van der Waals surface area contributed by atoms with E-state index in [1.54, 1.807) is 0 Å². The summed E-state index contributed by atoms with van der Waals surface area (Å²) in [7, 11) is 0. The molecule has 0 atom stereocenters. The third-order valence-corrected chi connectivity index (χ3v) is 1.47. The molecule has 0 aromatic rings. The molecule has 14 heavy (non-hydrogen) atoms. The zero-order chi connectivity index (χ0) is 11.1. The third kappa shape index (κ3) is 22.5. The summed E-state index contributed by atoms with van der Waals surface area (Å²) in [5.74, 6) is 0. The van der Waals surface area contributed by atoms with E-state index in [-0.39, 0.29) is 0 Å². The molecule has 2 heteroatoms. The molecule has 0 N–H and O–H groups in total. The predicted molar refractivity (Wildman–Crippen MR) is 62.1 cm³/mol. The first kappa shape index (κ1) is 15.5. The minimum absolute atomic E-state index is 0.819. The van der Waals surface area contributed by atoms with Crippen LogP contribution in [0.1, 0.15) is 39.5 Å². The van der Waals surface area contributed by atoms with E-state index >= 15 is 0 Å². The Morgan fingerprint density at radius 3 is 1.43 bits per heavy atom. The SMILES string of the molecule is C=COCCCC.C=COCCCC. The molecule has 0 aliphatic heterocycles. The number of hydrogen-bond donors (Lipinski definition) is 0. The van der Waals surface area contributed by atoms with Gasteiger partial charge in [0.15, 0.2) is 0 Å². The lowest BCUT2D eigenvalue weighted by Gasteiger charge is -1.93. The molecule has 0 aromatic heterocycles. The molecular formula is C12H24O2. The third-order valence-electron chi connectivity index (χ3n) is 1.47. The first-order valence-corrected chi connectivity index (χ1v) is 5.28. The van der Waals surface area contributed by atoms with Crippen LogP contribution in [0.2, 0.25) is 0 Å². The van der Waals surface area contributed by atoms with Gasteiger partial charge in [0.2, 0.25) is 0 Å². The zero-order valence-electron chi connectivity index (χ0n) is 9.63. The van der Waals surface area contributed by atoms with Gasteiger partial charge in [0.1, 0.15) is 0 Å². The van der Waals surface area contributed by atoms with Crippen LogP contribution in [0.15, 0.2) is 25.7 Å². The number of ether oxygens (including phenoxy) is 2. The minimum Gasteiger partial charge on any atom is -0.502 e. The van der Waals surface area contributed by atoms with Crippen molar-refractivity contribution in [3.05, 3.63) is 25.7 Å². The highest BCUT2D eigenvalue weighted by Gasteiger charge is 1.76. The Kier molecular flexibility index (Phi) is 20.0. The van der Waals surface area contributed by atoms with Crippen molar-refractivity contribution in [2.45, 2.75) is 39.5 Å². The molecule has 2 nitrogen and oxygen atoms in total. The highest BCUT2D eigenvalue weighted by molar-refractivity contribution is 4.48. The predicted octanol–water partition coefficient (Wildman–Crippen LogP) is 3.89. The lowest BCUT2D eigenvalue weighted by molar-refractivity contribution is 0.245. The summed E-state index contributed by atoms with van der Waals surface area (Å²) in [6.07, 6.45) is 7.60. The summed E-state index contributed by atoms with van der Waals surface area (Å²) in [6.45, 7) is 12.7. The second kappa shape index (κ2) is 18.0. The molecule has 0 saturated carbocycles. The van der Waals surface area contributed by atoms with Gasteiger partial charge in [-0.15, -0.1) is 0 Å². The molecule has 84 valence electrons. The lowest BCUT2D eigenvalue weighted by Crippen LogP contribution is -1.83. The van der Waals surface area contributed by atoms with Crippen molar-refractivity contribution in [3.63, 3.8) is 0 Å². The van der Waals surface area contributed by atoms with Gasteiger partial charge < -0.3 is 9.47 Å². The monoisotopic (exact) mass is 200 g/mol. The molecule has 0 aliphatic carbocycles. The smallest absolute Gasteiger partial charge is 0.0872 e. The van der Waals surface area contributed by atoms with Crippen molar-refractivity contribution in [3.8, 4) is 0 Å². The van der Waals surface area contributed by atoms with Gasteiger partial charge in [0.25, 0.3) is 0 Å². The standard InChI is InChI=1S/2C6H12O/c2*1-3-5-6-7-4-2/h2*4H,2-3,5-6H2,1H3. The summed E-state index contributed by atoms with van der Waals surface area (Å²) in [4.78, 5) is 0. The van der Waals surface area contributed by atoms with E-state index in [0.29, 0.717) is 0 Å². The lowest BCUT2D eigenvalue weighted by atomic mass is 10.4. The molecule has 0 spiro atoms. The van der Waals surface area contributed by atoms with E-state index in [9.17, 15) is 0 Å². The molecule has 0 aromatic carbocycles. The molecule has 0 radical (unpaired) electrons. The Balaban J connectivity index is 0. The fraction of sp³-hybridized carbons (Fsp3) is 0.667. The molecule has 0 saturated heterocycles. The van der Waals surface area contributed by atoms with Crippen molar-refractivity contribution >= 4 is 0 Å². The first-order valence-electron chi connectivity index (χ1n) is 5.28. The van der Waals surface area contributed by atoms with Gasteiger partial charge in [0.05, 0.1) is 25.7 Å². The summed E-state index contributed by atoms with van der Waals surface area (Å²) in [6, 6.07) is 0. The van der Waals surface area contributed by atoms with Crippen LogP contribution in [0.4, 0.5) is 0 Å². The quantitative estimate of drug-likeness (QED) is 0.437. The molecule has 0 unspecified atom stereocenters. The van der Waals surface area contributed by atoms with Crippen molar-refractivity contribution in [2.75, 3.05) is 13.2 Å². The minimum atomic E-state index is 0.819. The maximum absolute atomic E-state index is 4.84. The van der Waals surface area contributed by atoms with Crippen molar-refractivity contribution in [1.82, 2.24) is 0 Å². The van der Waals surface area contributed by atoms with Crippen LogP contribution in [0.25, 0.3) is 0 Å². The first-order chi connectivity index (χ1) is 6.83. The maximum atomic E-state index is 4.84.